The van der Waals surface area contributed by atoms with E-state index in [2.05, 4.69) is 9.71 Å². The molecule has 0 fully saturated rings. The topological polar surface area (TPSA) is 85.1 Å². The second-order valence-electron chi connectivity index (χ2n) is 4.72. The highest BCUT2D eigenvalue weighted by molar-refractivity contribution is 7.93. The molecule has 2 rings (SSSR count). The third-order valence-corrected chi connectivity index (χ3v) is 4.72. The molecule has 1 aromatic heterocycles. The van der Waals surface area contributed by atoms with Crippen LogP contribution in [0.1, 0.15) is 16.8 Å². The minimum Gasteiger partial charge on any atom is -0.398 e. The Hall–Kier alpha value is -2.08. The van der Waals surface area contributed by atoms with E-state index in [1.54, 1.807) is 31.2 Å². The maximum Gasteiger partial charge on any atom is 0.264 e. The van der Waals surface area contributed by atoms with E-state index in [1.165, 1.54) is 6.20 Å². The number of rotatable bonds is 3. The Balaban J connectivity index is 2.46. The van der Waals surface area contributed by atoms with Crippen molar-refractivity contribution in [3.05, 3.63) is 47.3 Å². The fourth-order valence-electron chi connectivity index (χ4n) is 1.90. The van der Waals surface area contributed by atoms with Crippen LogP contribution < -0.4 is 10.5 Å². The van der Waals surface area contributed by atoms with Crippen LogP contribution >= 0.6 is 0 Å². The van der Waals surface area contributed by atoms with Gasteiger partial charge >= 0.3 is 0 Å². The van der Waals surface area contributed by atoms with Crippen LogP contribution in [0, 0.1) is 20.8 Å². The van der Waals surface area contributed by atoms with Gasteiger partial charge in [0.15, 0.2) is 0 Å². The van der Waals surface area contributed by atoms with Crippen molar-refractivity contribution < 1.29 is 8.42 Å². The van der Waals surface area contributed by atoms with Crippen molar-refractivity contribution in [3.63, 3.8) is 0 Å². The van der Waals surface area contributed by atoms with Gasteiger partial charge in [0.25, 0.3) is 10.0 Å². The van der Waals surface area contributed by atoms with Gasteiger partial charge in [0.05, 0.1) is 17.6 Å². The van der Waals surface area contributed by atoms with E-state index >= 15 is 0 Å². The standard InChI is InChI=1S/C14H17N3O2S/c1-9-4-7-13(15)14(11(9)3)20(18,19)17-12-6-5-10(2)16-8-12/h4-8,17H,15H2,1-3H3. The van der Waals surface area contributed by atoms with Crippen LogP contribution in [-0.2, 0) is 10.0 Å². The first-order valence-electron chi connectivity index (χ1n) is 6.12. The second kappa shape index (κ2) is 5.13. The maximum absolute atomic E-state index is 12.5. The van der Waals surface area contributed by atoms with E-state index < -0.39 is 10.0 Å². The van der Waals surface area contributed by atoms with Gasteiger partial charge in [-0.15, -0.1) is 0 Å². The molecule has 0 saturated heterocycles. The number of nitrogens with zero attached hydrogens (tertiary/aromatic N) is 1. The van der Waals surface area contributed by atoms with Crippen molar-refractivity contribution in [1.82, 2.24) is 4.98 Å². The minimum absolute atomic E-state index is 0.123. The largest absolute Gasteiger partial charge is 0.398 e. The molecular weight excluding hydrogens is 274 g/mol. The number of aryl methyl sites for hydroxylation is 2. The average Bonchev–Trinajstić information content (AvgIpc) is 2.37. The molecule has 6 heteroatoms. The number of aromatic nitrogens is 1. The molecular formula is C14H17N3O2S. The van der Waals surface area contributed by atoms with E-state index in [0.717, 1.165) is 11.3 Å². The Morgan fingerprint density at radius 3 is 2.40 bits per heavy atom. The summed E-state index contributed by atoms with van der Waals surface area (Å²) in [6.45, 7) is 5.43. The number of hydrogen-bond acceptors (Lipinski definition) is 4. The third kappa shape index (κ3) is 2.75. The monoisotopic (exact) mass is 291 g/mol. The lowest BCUT2D eigenvalue weighted by Gasteiger charge is -2.14. The summed E-state index contributed by atoms with van der Waals surface area (Å²) in [5.41, 5.74) is 8.81. The van der Waals surface area contributed by atoms with E-state index in [4.69, 9.17) is 5.73 Å². The smallest absolute Gasteiger partial charge is 0.264 e. The van der Waals surface area contributed by atoms with Crippen LogP contribution in [-0.4, -0.2) is 13.4 Å². The van der Waals surface area contributed by atoms with Crippen LogP contribution in [0.2, 0.25) is 0 Å². The van der Waals surface area contributed by atoms with E-state index in [0.29, 0.717) is 11.3 Å². The quantitative estimate of drug-likeness (QED) is 0.850. The van der Waals surface area contributed by atoms with Crippen molar-refractivity contribution in [2.75, 3.05) is 10.5 Å². The Bertz CT molecular complexity index is 738. The summed E-state index contributed by atoms with van der Waals surface area (Å²) in [5, 5.41) is 0. The van der Waals surface area contributed by atoms with E-state index in [-0.39, 0.29) is 10.6 Å². The van der Waals surface area contributed by atoms with Gasteiger partial charge in [-0.25, -0.2) is 8.42 Å². The Kier molecular flexibility index (Phi) is 3.67. The van der Waals surface area contributed by atoms with Gasteiger partial charge in [0, 0.05) is 5.69 Å². The molecule has 0 aliphatic carbocycles. The molecule has 2 aromatic rings. The third-order valence-electron chi connectivity index (χ3n) is 3.14. The Labute approximate surface area is 118 Å². The molecule has 1 heterocycles. The summed E-state index contributed by atoms with van der Waals surface area (Å²) in [4.78, 5) is 4.18. The van der Waals surface area contributed by atoms with Gasteiger partial charge in [-0.2, -0.15) is 0 Å². The summed E-state index contributed by atoms with van der Waals surface area (Å²) in [5.74, 6) is 0. The summed E-state index contributed by atoms with van der Waals surface area (Å²) < 4.78 is 27.4. The zero-order valence-corrected chi connectivity index (χ0v) is 12.5. The lowest BCUT2D eigenvalue weighted by Crippen LogP contribution is -2.17. The fraction of sp³-hybridized carbons (Fsp3) is 0.214. The number of anilines is 2. The van der Waals surface area contributed by atoms with Crippen LogP contribution in [0.15, 0.2) is 35.4 Å². The molecule has 0 spiro atoms. The fourth-order valence-corrected chi connectivity index (χ4v) is 3.38. The van der Waals surface area contributed by atoms with Gasteiger partial charge in [0.1, 0.15) is 4.90 Å². The molecule has 0 amide bonds. The lowest BCUT2D eigenvalue weighted by molar-refractivity contribution is 0.601. The van der Waals surface area contributed by atoms with Gasteiger partial charge in [-0.3, -0.25) is 9.71 Å². The van der Waals surface area contributed by atoms with Crippen molar-refractivity contribution >= 4 is 21.4 Å². The first kappa shape index (κ1) is 14.3. The lowest BCUT2D eigenvalue weighted by atomic mass is 10.1. The first-order chi connectivity index (χ1) is 9.31. The van der Waals surface area contributed by atoms with E-state index in [1.807, 2.05) is 13.8 Å². The molecule has 0 aliphatic heterocycles. The number of nitrogen functional groups attached to an aromatic ring is 1. The SMILES string of the molecule is Cc1ccc(NS(=O)(=O)c2c(N)ccc(C)c2C)cn1. The minimum atomic E-state index is -3.73. The molecule has 1 aromatic carbocycles. The van der Waals surface area contributed by atoms with Crippen LogP contribution in [0.25, 0.3) is 0 Å². The number of sulfonamides is 1. The molecule has 0 aliphatic rings. The van der Waals surface area contributed by atoms with Crippen LogP contribution in [0.5, 0.6) is 0 Å². The maximum atomic E-state index is 12.5. The molecule has 106 valence electrons. The summed E-state index contributed by atoms with van der Waals surface area (Å²) in [7, 11) is -3.73. The number of nitrogens with one attached hydrogen (secondary N) is 1. The second-order valence-corrected chi connectivity index (χ2v) is 6.34. The Morgan fingerprint density at radius 2 is 1.80 bits per heavy atom. The average molecular weight is 291 g/mol. The summed E-state index contributed by atoms with van der Waals surface area (Å²) >= 11 is 0. The van der Waals surface area contributed by atoms with Crippen molar-refractivity contribution in [2.24, 2.45) is 0 Å². The zero-order chi connectivity index (χ0) is 14.9. The highest BCUT2D eigenvalue weighted by Gasteiger charge is 2.21. The molecule has 0 bridgehead atoms. The van der Waals surface area contributed by atoms with Gasteiger partial charge in [-0.1, -0.05) is 6.07 Å². The molecule has 3 N–H and O–H groups in total. The summed E-state index contributed by atoms with van der Waals surface area (Å²) in [6, 6.07) is 6.81. The molecule has 0 saturated carbocycles. The first-order valence-corrected chi connectivity index (χ1v) is 7.61. The number of nitrogens with two attached hydrogens (primary N) is 1. The van der Waals surface area contributed by atoms with Crippen molar-refractivity contribution in [3.8, 4) is 0 Å². The molecule has 0 radical (unpaired) electrons. The molecule has 0 atom stereocenters. The number of pyridine rings is 1. The van der Waals surface area contributed by atoms with Gasteiger partial charge in [-0.05, 0) is 50.1 Å². The Morgan fingerprint density at radius 1 is 1.10 bits per heavy atom. The molecule has 5 nitrogen and oxygen atoms in total. The zero-order valence-electron chi connectivity index (χ0n) is 11.6. The molecule has 0 unspecified atom stereocenters. The summed E-state index contributed by atoms with van der Waals surface area (Å²) in [6.07, 6.45) is 1.48. The predicted molar refractivity (Wildman–Crippen MR) is 80.1 cm³/mol. The van der Waals surface area contributed by atoms with Crippen molar-refractivity contribution in [1.29, 1.82) is 0 Å². The highest BCUT2D eigenvalue weighted by atomic mass is 32.2. The van der Waals surface area contributed by atoms with Crippen LogP contribution in [0.3, 0.4) is 0 Å². The van der Waals surface area contributed by atoms with Gasteiger partial charge < -0.3 is 5.73 Å². The molecule has 20 heavy (non-hydrogen) atoms. The highest BCUT2D eigenvalue weighted by Crippen LogP contribution is 2.27. The van der Waals surface area contributed by atoms with Crippen LogP contribution in [0.4, 0.5) is 11.4 Å². The number of hydrogen-bond donors (Lipinski definition) is 2. The van der Waals surface area contributed by atoms with Crippen molar-refractivity contribution in [2.45, 2.75) is 25.7 Å². The normalized spacial score (nSPS) is 11.3. The van der Waals surface area contributed by atoms with Gasteiger partial charge in [0.2, 0.25) is 0 Å². The van der Waals surface area contributed by atoms with E-state index in [9.17, 15) is 8.42 Å². The predicted octanol–water partition coefficient (Wildman–Crippen LogP) is 2.39. The number of benzene rings is 1.